The molecule has 0 unspecified atom stereocenters. The van der Waals surface area contributed by atoms with Crippen LogP contribution >= 0.6 is 0 Å². The van der Waals surface area contributed by atoms with Crippen molar-refractivity contribution in [3.05, 3.63) is 0 Å². The number of hydrogen-bond acceptors (Lipinski definition) is 3. The lowest BCUT2D eigenvalue weighted by molar-refractivity contribution is -0.127. The lowest BCUT2D eigenvalue weighted by Crippen LogP contribution is -2.41. The van der Waals surface area contributed by atoms with Gasteiger partial charge in [-0.15, -0.1) is 0 Å². The van der Waals surface area contributed by atoms with E-state index in [0.717, 1.165) is 0 Å². The maximum Gasteiger partial charge on any atom is 0.246 e. The highest BCUT2D eigenvalue weighted by Crippen LogP contribution is 2.06. The van der Waals surface area contributed by atoms with Crippen molar-refractivity contribution in [2.24, 2.45) is 0 Å². The average Bonchev–Trinajstić information content (AvgIpc) is 2.11. The minimum absolute atomic E-state index is 0.0976. The van der Waals surface area contributed by atoms with Gasteiger partial charge in [-0.1, -0.05) is 0 Å². The SMILES string of the molecule is CCOCC(=O)NCC(C)(C)OCC. The number of ether oxygens (including phenoxy) is 2. The van der Waals surface area contributed by atoms with Gasteiger partial charge in [0.15, 0.2) is 0 Å². The summed E-state index contributed by atoms with van der Waals surface area (Å²) in [6.45, 7) is 9.51. The molecule has 0 rings (SSSR count). The summed E-state index contributed by atoms with van der Waals surface area (Å²) in [6, 6.07) is 0. The van der Waals surface area contributed by atoms with Gasteiger partial charge in [0.2, 0.25) is 5.91 Å². The Hall–Kier alpha value is -0.610. The Kier molecular flexibility index (Phi) is 6.49. The molecule has 1 amide bonds. The molecule has 0 saturated heterocycles. The van der Waals surface area contributed by atoms with Crippen molar-refractivity contribution in [1.29, 1.82) is 0 Å². The zero-order valence-electron chi connectivity index (χ0n) is 9.55. The van der Waals surface area contributed by atoms with Crippen LogP contribution in [0.25, 0.3) is 0 Å². The minimum Gasteiger partial charge on any atom is -0.374 e. The van der Waals surface area contributed by atoms with E-state index in [1.54, 1.807) is 0 Å². The van der Waals surface area contributed by atoms with Gasteiger partial charge >= 0.3 is 0 Å². The van der Waals surface area contributed by atoms with E-state index in [-0.39, 0.29) is 18.1 Å². The van der Waals surface area contributed by atoms with Crippen LogP contribution in [0.15, 0.2) is 0 Å². The predicted octanol–water partition coefficient (Wildman–Crippen LogP) is 0.954. The number of carbonyl (C=O) groups excluding carboxylic acids is 1. The zero-order valence-corrected chi connectivity index (χ0v) is 9.55. The fraction of sp³-hybridized carbons (Fsp3) is 0.900. The summed E-state index contributed by atoms with van der Waals surface area (Å²) < 4.78 is 10.4. The third-order valence-corrected chi connectivity index (χ3v) is 1.68. The molecular formula is C10H21NO3. The van der Waals surface area contributed by atoms with Crippen LogP contribution in [0.4, 0.5) is 0 Å². The first kappa shape index (κ1) is 13.4. The third kappa shape index (κ3) is 6.86. The fourth-order valence-electron chi connectivity index (χ4n) is 0.999. The maximum absolute atomic E-state index is 11.2. The van der Waals surface area contributed by atoms with Crippen LogP contribution in [0.5, 0.6) is 0 Å². The molecule has 0 aliphatic rings. The highest BCUT2D eigenvalue weighted by Gasteiger charge is 2.18. The van der Waals surface area contributed by atoms with E-state index < -0.39 is 0 Å². The van der Waals surface area contributed by atoms with Gasteiger partial charge in [-0.05, 0) is 27.7 Å². The van der Waals surface area contributed by atoms with Crippen LogP contribution in [0.2, 0.25) is 0 Å². The second-order valence-electron chi connectivity index (χ2n) is 3.61. The van der Waals surface area contributed by atoms with Gasteiger partial charge in [0, 0.05) is 19.8 Å². The number of rotatable bonds is 7. The van der Waals surface area contributed by atoms with Crippen molar-refractivity contribution >= 4 is 5.91 Å². The summed E-state index contributed by atoms with van der Waals surface area (Å²) >= 11 is 0. The van der Waals surface area contributed by atoms with E-state index in [1.807, 2.05) is 27.7 Å². The summed E-state index contributed by atoms with van der Waals surface area (Å²) in [5, 5.41) is 2.75. The molecule has 0 radical (unpaired) electrons. The molecule has 0 spiro atoms. The molecule has 0 atom stereocenters. The Labute approximate surface area is 86.0 Å². The average molecular weight is 203 g/mol. The zero-order chi connectivity index (χ0) is 11.0. The Balaban J connectivity index is 3.64. The largest absolute Gasteiger partial charge is 0.374 e. The second kappa shape index (κ2) is 6.79. The van der Waals surface area contributed by atoms with E-state index in [0.29, 0.717) is 19.8 Å². The third-order valence-electron chi connectivity index (χ3n) is 1.68. The van der Waals surface area contributed by atoms with Crippen molar-refractivity contribution in [1.82, 2.24) is 5.32 Å². The smallest absolute Gasteiger partial charge is 0.246 e. The van der Waals surface area contributed by atoms with Gasteiger partial charge < -0.3 is 14.8 Å². The molecule has 0 aromatic heterocycles. The molecule has 0 aromatic rings. The molecule has 1 N–H and O–H groups in total. The molecule has 4 heteroatoms. The topological polar surface area (TPSA) is 47.6 Å². The summed E-state index contributed by atoms with van der Waals surface area (Å²) in [6.07, 6.45) is 0. The standard InChI is InChI=1S/C10H21NO3/c1-5-13-7-9(12)11-8-10(3,4)14-6-2/h5-8H2,1-4H3,(H,11,12). The molecule has 0 aliphatic carbocycles. The maximum atomic E-state index is 11.2. The predicted molar refractivity (Wildman–Crippen MR) is 55.2 cm³/mol. The monoisotopic (exact) mass is 203 g/mol. The Morgan fingerprint density at radius 2 is 1.93 bits per heavy atom. The Morgan fingerprint density at radius 1 is 1.29 bits per heavy atom. The lowest BCUT2D eigenvalue weighted by Gasteiger charge is -2.24. The molecular weight excluding hydrogens is 182 g/mol. The first-order valence-electron chi connectivity index (χ1n) is 5.00. The molecule has 4 nitrogen and oxygen atoms in total. The van der Waals surface area contributed by atoms with Crippen molar-refractivity contribution in [2.45, 2.75) is 33.3 Å². The number of carbonyl (C=O) groups is 1. The summed E-state index contributed by atoms with van der Waals surface area (Å²) in [5.41, 5.74) is -0.309. The Morgan fingerprint density at radius 3 is 2.43 bits per heavy atom. The van der Waals surface area contributed by atoms with Crippen LogP contribution in [-0.2, 0) is 14.3 Å². The second-order valence-corrected chi connectivity index (χ2v) is 3.61. The van der Waals surface area contributed by atoms with Gasteiger partial charge in [-0.25, -0.2) is 0 Å². The molecule has 84 valence electrons. The molecule has 0 aromatic carbocycles. The molecule has 0 bridgehead atoms. The van der Waals surface area contributed by atoms with Crippen LogP contribution in [0.1, 0.15) is 27.7 Å². The first-order chi connectivity index (χ1) is 6.52. The van der Waals surface area contributed by atoms with Crippen LogP contribution < -0.4 is 5.32 Å². The van der Waals surface area contributed by atoms with Crippen LogP contribution in [0.3, 0.4) is 0 Å². The van der Waals surface area contributed by atoms with Crippen LogP contribution in [-0.4, -0.2) is 37.9 Å². The van der Waals surface area contributed by atoms with E-state index in [4.69, 9.17) is 9.47 Å². The summed E-state index contributed by atoms with van der Waals surface area (Å²) in [4.78, 5) is 11.2. The lowest BCUT2D eigenvalue weighted by atomic mass is 10.1. The molecule has 14 heavy (non-hydrogen) atoms. The molecule has 0 heterocycles. The normalized spacial score (nSPS) is 11.4. The quantitative estimate of drug-likeness (QED) is 0.670. The Bertz CT molecular complexity index is 169. The highest BCUT2D eigenvalue weighted by molar-refractivity contribution is 5.77. The number of amides is 1. The van der Waals surface area contributed by atoms with E-state index in [1.165, 1.54) is 0 Å². The van der Waals surface area contributed by atoms with Gasteiger partial charge in [-0.2, -0.15) is 0 Å². The van der Waals surface area contributed by atoms with Crippen LogP contribution in [0, 0.1) is 0 Å². The van der Waals surface area contributed by atoms with E-state index in [9.17, 15) is 4.79 Å². The van der Waals surface area contributed by atoms with Gasteiger partial charge in [-0.3, -0.25) is 4.79 Å². The fourth-order valence-corrected chi connectivity index (χ4v) is 0.999. The molecule has 0 saturated carbocycles. The first-order valence-corrected chi connectivity index (χ1v) is 5.00. The number of hydrogen-bond donors (Lipinski definition) is 1. The van der Waals surface area contributed by atoms with Crippen molar-refractivity contribution < 1.29 is 14.3 Å². The van der Waals surface area contributed by atoms with Crippen molar-refractivity contribution in [3.63, 3.8) is 0 Å². The minimum atomic E-state index is -0.309. The summed E-state index contributed by atoms with van der Waals surface area (Å²) in [5.74, 6) is -0.0976. The summed E-state index contributed by atoms with van der Waals surface area (Å²) in [7, 11) is 0. The number of nitrogens with one attached hydrogen (secondary N) is 1. The van der Waals surface area contributed by atoms with Crippen molar-refractivity contribution in [2.75, 3.05) is 26.4 Å². The van der Waals surface area contributed by atoms with E-state index in [2.05, 4.69) is 5.32 Å². The van der Waals surface area contributed by atoms with Gasteiger partial charge in [0.1, 0.15) is 6.61 Å². The van der Waals surface area contributed by atoms with Crippen molar-refractivity contribution in [3.8, 4) is 0 Å². The van der Waals surface area contributed by atoms with E-state index >= 15 is 0 Å². The molecule has 0 fully saturated rings. The molecule has 0 aliphatic heterocycles. The van der Waals surface area contributed by atoms with Gasteiger partial charge in [0.05, 0.1) is 5.60 Å². The van der Waals surface area contributed by atoms with Gasteiger partial charge in [0.25, 0.3) is 0 Å². The highest BCUT2D eigenvalue weighted by atomic mass is 16.5.